The van der Waals surface area contributed by atoms with Gasteiger partial charge in [0.1, 0.15) is 6.10 Å². The largest absolute Gasteiger partial charge is 0.456 e. The first kappa shape index (κ1) is 14.7. The summed E-state index contributed by atoms with van der Waals surface area (Å²) in [4.78, 5) is 12.0. The number of carbonyl (C=O) groups is 1. The summed E-state index contributed by atoms with van der Waals surface area (Å²) in [6.07, 6.45) is 0.765. The molecular weight excluding hydrogens is 228 g/mol. The van der Waals surface area contributed by atoms with Gasteiger partial charge in [-0.05, 0) is 30.0 Å². The number of esters is 1. The molecule has 0 amide bonds. The molecule has 1 aromatic rings. The average molecular weight is 250 g/mol. The first-order valence-corrected chi connectivity index (χ1v) is 6.37. The van der Waals surface area contributed by atoms with E-state index in [1.54, 1.807) is 7.11 Å². The van der Waals surface area contributed by atoms with Gasteiger partial charge in [0, 0.05) is 7.11 Å². The summed E-state index contributed by atoms with van der Waals surface area (Å²) < 4.78 is 10.5. The molecule has 0 aliphatic rings. The zero-order valence-electron chi connectivity index (χ0n) is 11.6. The van der Waals surface area contributed by atoms with E-state index in [-0.39, 0.29) is 18.0 Å². The highest BCUT2D eigenvalue weighted by Gasteiger charge is 2.19. The third-order valence-electron chi connectivity index (χ3n) is 2.93. The van der Waals surface area contributed by atoms with Gasteiger partial charge >= 0.3 is 5.97 Å². The van der Waals surface area contributed by atoms with Crippen molar-refractivity contribution >= 4 is 5.97 Å². The number of ether oxygens (including phenoxy) is 2. The van der Waals surface area contributed by atoms with Crippen LogP contribution in [0.4, 0.5) is 0 Å². The Bertz CT molecular complexity index is 368. The molecule has 0 saturated carbocycles. The van der Waals surface area contributed by atoms with Crippen LogP contribution < -0.4 is 0 Å². The Hall–Kier alpha value is -1.35. The van der Waals surface area contributed by atoms with E-state index in [1.807, 2.05) is 38.1 Å². The first-order valence-electron chi connectivity index (χ1n) is 6.37. The molecule has 1 rings (SSSR count). The zero-order chi connectivity index (χ0) is 13.5. The van der Waals surface area contributed by atoms with E-state index >= 15 is 0 Å². The van der Waals surface area contributed by atoms with Crippen molar-refractivity contribution in [3.8, 4) is 0 Å². The molecule has 0 bridgehead atoms. The molecule has 0 aromatic heterocycles. The number of hydrogen-bond acceptors (Lipinski definition) is 3. The molecule has 0 spiro atoms. The van der Waals surface area contributed by atoms with Crippen molar-refractivity contribution in [2.75, 3.05) is 13.7 Å². The van der Waals surface area contributed by atoms with Crippen molar-refractivity contribution in [3.05, 3.63) is 35.4 Å². The quantitative estimate of drug-likeness (QED) is 0.728. The summed E-state index contributed by atoms with van der Waals surface area (Å²) >= 11 is 0. The molecule has 0 heterocycles. The first-order chi connectivity index (χ1) is 8.58. The van der Waals surface area contributed by atoms with Crippen LogP contribution in [0.5, 0.6) is 0 Å². The molecule has 0 N–H and O–H groups in total. The fourth-order valence-electron chi connectivity index (χ4n) is 1.61. The van der Waals surface area contributed by atoms with E-state index < -0.39 is 0 Å². The van der Waals surface area contributed by atoms with Gasteiger partial charge in [-0.25, -0.2) is 4.79 Å². The van der Waals surface area contributed by atoms with Crippen LogP contribution >= 0.6 is 0 Å². The van der Waals surface area contributed by atoms with E-state index in [0.717, 1.165) is 6.42 Å². The van der Waals surface area contributed by atoms with Crippen molar-refractivity contribution < 1.29 is 14.3 Å². The molecule has 100 valence electrons. The predicted molar refractivity (Wildman–Crippen MR) is 71.7 cm³/mol. The highest BCUT2D eigenvalue weighted by molar-refractivity contribution is 5.89. The lowest BCUT2D eigenvalue weighted by Crippen LogP contribution is -2.28. The normalized spacial score (nSPS) is 12.5. The zero-order valence-corrected chi connectivity index (χ0v) is 11.6. The molecule has 3 nitrogen and oxygen atoms in total. The lowest BCUT2D eigenvalue weighted by molar-refractivity contribution is -0.0102. The van der Waals surface area contributed by atoms with Gasteiger partial charge in [-0.2, -0.15) is 0 Å². The van der Waals surface area contributed by atoms with Crippen LogP contribution in [0.3, 0.4) is 0 Å². The van der Waals surface area contributed by atoms with Gasteiger partial charge < -0.3 is 9.47 Å². The van der Waals surface area contributed by atoms with Crippen molar-refractivity contribution in [1.29, 1.82) is 0 Å². The number of aryl methyl sites for hydroxylation is 1. The minimum absolute atomic E-state index is 0.201. The third-order valence-corrected chi connectivity index (χ3v) is 2.93. The summed E-state index contributed by atoms with van der Waals surface area (Å²) in [5.74, 6) is -0.0442. The minimum Gasteiger partial charge on any atom is -0.456 e. The summed E-state index contributed by atoms with van der Waals surface area (Å²) in [7, 11) is 1.61. The van der Waals surface area contributed by atoms with Gasteiger partial charge in [-0.15, -0.1) is 0 Å². The van der Waals surface area contributed by atoms with Crippen LogP contribution in [0.1, 0.15) is 36.7 Å². The van der Waals surface area contributed by atoms with Crippen molar-refractivity contribution in [3.63, 3.8) is 0 Å². The molecular formula is C15H22O3. The Kier molecular flexibility index (Phi) is 5.86. The van der Waals surface area contributed by atoms with Gasteiger partial charge in [0.15, 0.2) is 0 Å². The Balaban J connectivity index is 2.67. The van der Waals surface area contributed by atoms with E-state index in [1.165, 1.54) is 5.56 Å². The molecule has 0 saturated heterocycles. The van der Waals surface area contributed by atoms with E-state index in [0.29, 0.717) is 12.2 Å². The smallest absolute Gasteiger partial charge is 0.338 e. The van der Waals surface area contributed by atoms with Crippen LogP contribution in [0, 0.1) is 5.92 Å². The topological polar surface area (TPSA) is 35.5 Å². The highest BCUT2D eigenvalue weighted by Crippen LogP contribution is 2.12. The van der Waals surface area contributed by atoms with Crippen LogP contribution in [-0.4, -0.2) is 25.8 Å². The van der Waals surface area contributed by atoms with E-state index in [2.05, 4.69) is 6.92 Å². The van der Waals surface area contributed by atoms with Crippen molar-refractivity contribution in [1.82, 2.24) is 0 Å². The fourth-order valence-corrected chi connectivity index (χ4v) is 1.61. The number of methoxy groups -OCH3 is 1. The maximum atomic E-state index is 12.0. The van der Waals surface area contributed by atoms with Crippen LogP contribution in [0.15, 0.2) is 24.3 Å². The predicted octanol–water partition coefficient (Wildman–Crippen LogP) is 3.08. The maximum Gasteiger partial charge on any atom is 0.338 e. The second kappa shape index (κ2) is 7.17. The summed E-state index contributed by atoms with van der Waals surface area (Å²) in [5.41, 5.74) is 1.80. The Morgan fingerprint density at radius 2 is 1.83 bits per heavy atom. The Morgan fingerprint density at radius 3 is 2.28 bits per heavy atom. The molecule has 0 fully saturated rings. The van der Waals surface area contributed by atoms with Gasteiger partial charge in [0.2, 0.25) is 0 Å². The van der Waals surface area contributed by atoms with Crippen LogP contribution in [0.25, 0.3) is 0 Å². The average Bonchev–Trinajstić information content (AvgIpc) is 2.38. The molecule has 3 heteroatoms. The molecule has 1 unspecified atom stereocenters. The molecule has 0 aliphatic heterocycles. The summed E-state index contributed by atoms with van der Waals surface area (Å²) in [5, 5.41) is 0. The number of carbonyl (C=O) groups excluding carboxylic acids is 1. The maximum absolute atomic E-state index is 12.0. The fraction of sp³-hybridized carbons (Fsp3) is 0.533. The lowest BCUT2D eigenvalue weighted by Gasteiger charge is -2.20. The Labute approximate surface area is 109 Å². The SMILES string of the molecule is CCc1ccc(C(=O)OC(COC)C(C)C)cc1. The van der Waals surface area contributed by atoms with Gasteiger partial charge in [0.05, 0.1) is 12.2 Å². The van der Waals surface area contributed by atoms with E-state index in [4.69, 9.17) is 9.47 Å². The Morgan fingerprint density at radius 1 is 1.22 bits per heavy atom. The van der Waals surface area contributed by atoms with Crippen molar-refractivity contribution in [2.45, 2.75) is 33.3 Å². The summed E-state index contributed by atoms with van der Waals surface area (Å²) in [6, 6.07) is 7.53. The number of hydrogen-bond donors (Lipinski definition) is 0. The second-order valence-corrected chi connectivity index (χ2v) is 4.69. The number of benzene rings is 1. The molecule has 1 atom stereocenters. The third kappa shape index (κ3) is 4.15. The monoisotopic (exact) mass is 250 g/mol. The summed E-state index contributed by atoms with van der Waals surface area (Å²) in [6.45, 7) is 6.53. The molecule has 1 aromatic carbocycles. The van der Waals surface area contributed by atoms with Crippen molar-refractivity contribution in [2.24, 2.45) is 5.92 Å². The molecule has 18 heavy (non-hydrogen) atoms. The van der Waals surface area contributed by atoms with E-state index in [9.17, 15) is 4.79 Å². The van der Waals surface area contributed by atoms with Crippen LogP contribution in [-0.2, 0) is 15.9 Å². The van der Waals surface area contributed by atoms with Gasteiger partial charge in [0.25, 0.3) is 0 Å². The standard InChI is InChI=1S/C15H22O3/c1-5-12-6-8-13(9-7-12)15(16)18-14(10-17-4)11(2)3/h6-9,11,14H,5,10H2,1-4H3. The number of rotatable bonds is 6. The molecule has 0 radical (unpaired) electrons. The highest BCUT2D eigenvalue weighted by atomic mass is 16.6. The molecule has 0 aliphatic carbocycles. The van der Waals surface area contributed by atoms with Gasteiger partial charge in [-0.3, -0.25) is 0 Å². The van der Waals surface area contributed by atoms with Crippen LogP contribution in [0.2, 0.25) is 0 Å². The second-order valence-electron chi connectivity index (χ2n) is 4.69. The lowest BCUT2D eigenvalue weighted by atomic mass is 10.1. The minimum atomic E-state index is -0.284. The van der Waals surface area contributed by atoms with Gasteiger partial charge in [-0.1, -0.05) is 32.9 Å².